The number of nitrogens with one attached hydrogen (secondary N) is 2. The van der Waals surface area contributed by atoms with Gasteiger partial charge in [-0.1, -0.05) is 41.5 Å². The van der Waals surface area contributed by atoms with Crippen LogP contribution in [0.5, 0.6) is 0 Å². The fourth-order valence-electron chi connectivity index (χ4n) is 6.42. The SMILES string of the molecule is CC(=O)C1CCCN1C(=O)C(NC(=O)C1CCCN1C(=O)C(NC(=O)C1CCCN1C(=O)C(N)C(C)C)C(C)C)C(C)C. The lowest BCUT2D eigenvalue weighted by atomic mass is 9.99. The Bertz CT molecular complexity index is 1080. The summed E-state index contributed by atoms with van der Waals surface area (Å²) in [6.07, 6.45) is 3.56. The van der Waals surface area contributed by atoms with Gasteiger partial charge >= 0.3 is 0 Å². The quantitative estimate of drug-likeness (QED) is 0.314. The molecule has 5 amide bonds. The van der Waals surface area contributed by atoms with Crippen molar-refractivity contribution in [2.45, 2.75) is 123 Å². The molecule has 242 valence electrons. The zero-order valence-corrected chi connectivity index (χ0v) is 26.9. The van der Waals surface area contributed by atoms with E-state index in [0.717, 1.165) is 6.42 Å². The maximum absolute atomic E-state index is 13.9. The van der Waals surface area contributed by atoms with Gasteiger partial charge in [-0.15, -0.1) is 0 Å². The number of amides is 5. The number of rotatable bonds is 11. The van der Waals surface area contributed by atoms with Crippen LogP contribution in [-0.2, 0) is 28.8 Å². The maximum atomic E-state index is 13.9. The van der Waals surface area contributed by atoms with Crippen LogP contribution >= 0.6 is 0 Å². The zero-order valence-electron chi connectivity index (χ0n) is 26.9. The van der Waals surface area contributed by atoms with Crippen LogP contribution in [0.2, 0.25) is 0 Å². The van der Waals surface area contributed by atoms with E-state index in [1.165, 1.54) is 16.7 Å². The van der Waals surface area contributed by atoms with Gasteiger partial charge in [-0.25, -0.2) is 0 Å². The Balaban J connectivity index is 1.71. The fourth-order valence-corrected chi connectivity index (χ4v) is 6.42. The minimum atomic E-state index is -0.888. The molecule has 12 heteroatoms. The van der Waals surface area contributed by atoms with Gasteiger partial charge in [0.05, 0.1) is 12.1 Å². The number of nitrogens with two attached hydrogens (primary N) is 1. The molecule has 3 saturated heterocycles. The van der Waals surface area contributed by atoms with Gasteiger partial charge in [0, 0.05) is 19.6 Å². The van der Waals surface area contributed by atoms with Crippen LogP contribution in [0.3, 0.4) is 0 Å². The number of hydrogen-bond acceptors (Lipinski definition) is 7. The first-order chi connectivity index (χ1) is 20.2. The van der Waals surface area contributed by atoms with E-state index < -0.39 is 48.1 Å². The van der Waals surface area contributed by atoms with Crippen LogP contribution in [0.4, 0.5) is 0 Å². The van der Waals surface area contributed by atoms with Crippen molar-refractivity contribution in [1.82, 2.24) is 25.3 Å². The van der Waals surface area contributed by atoms with E-state index in [1.807, 2.05) is 41.5 Å². The molecule has 3 rings (SSSR count). The third kappa shape index (κ3) is 7.74. The molecule has 0 radical (unpaired) electrons. The largest absolute Gasteiger partial charge is 0.342 e. The summed E-state index contributed by atoms with van der Waals surface area (Å²) in [7, 11) is 0. The molecule has 12 nitrogen and oxygen atoms in total. The van der Waals surface area contributed by atoms with E-state index in [1.54, 1.807) is 4.90 Å². The molecule has 0 bridgehead atoms. The zero-order chi connectivity index (χ0) is 32.2. The topological polar surface area (TPSA) is 162 Å². The summed E-state index contributed by atoms with van der Waals surface area (Å²) in [5, 5.41) is 5.78. The molecule has 3 heterocycles. The fraction of sp³-hybridized carbons (Fsp3) is 0.806. The standard InChI is InChI=1S/C31H52N6O6/c1-17(2)24(32)29(41)36-15-9-12-22(36)27(39)34-26(19(5)6)31(43)37-16-10-13-23(37)28(40)33-25(18(3)4)30(42)35-14-8-11-21(35)20(7)38/h17-19,21-26H,8-16,32H2,1-7H3,(H,33,40)(H,34,39). The van der Waals surface area contributed by atoms with Crippen LogP contribution in [-0.4, -0.2) is 106 Å². The van der Waals surface area contributed by atoms with Crippen LogP contribution in [0.25, 0.3) is 0 Å². The Labute approximate surface area is 255 Å². The molecule has 3 aliphatic heterocycles. The monoisotopic (exact) mass is 604 g/mol. The summed E-state index contributed by atoms with van der Waals surface area (Å²) in [6, 6.07) is -4.38. The highest BCUT2D eigenvalue weighted by Crippen LogP contribution is 2.25. The van der Waals surface area contributed by atoms with Gasteiger partial charge in [0.25, 0.3) is 0 Å². The van der Waals surface area contributed by atoms with E-state index in [4.69, 9.17) is 5.73 Å². The number of carbonyl (C=O) groups is 6. The Hall–Kier alpha value is -3.02. The summed E-state index contributed by atoms with van der Waals surface area (Å²) in [5.74, 6) is -2.36. The lowest BCUT2D eigenvalue weighted by Crippen LogP contribution is -2.60. The molecule has 0 spiro atoms. The van der Waals surface area contributed by atoms with Crippen molar-refractivity contribution in [2.24, 2.45) is 23.5 Å². The third-order valence-corrected chi connectivity index (χ3v) is 9.15. The highest BCUT2D eigenvalue weighted by atomic mass is 16.2. The van der Waals surface area contributed by atoms with Crippen LogP contribution in [0, 0.1) is 17.8 Å². The predicted octanol–water partition coefficient (Wildman–Crippen LogP) is 0.813. The van der Waals surface area contributed by atoms with Crippen LogP contribution < -0.4 is 16.4 Å². The molecule has 0 aromatic heterocycles. The predicted molar refractivity (Wildman–Crippen MR) is 161 cm³/mol. The Morgan fingerprint density at radius 2 is 0.930 bits per heavy atom. The number of ketones is 1. The minimum absolute atomic E-state index is 0.0677. The summed E-state index contributed by atoms with van der Waals surface area (Å²) in [6.45, 7) is 13.8. The normalized spacial score (nSPS) is 24.4. The van der Waals surface area contributed by atoms with Crippen LogP contribution in [0.1, 0.15) is 87.0 Å². The van der Waals surface area contributed by atoms with E-state index in [2.05, 4.69) is 10.6 Å². The number of nitrogens with zero attached hydrogens (tertiary/aromatic N) is 3. The van der Waals surface area contributed by atoms with Crippen LogP contribution in [0.15, 0.2) is 0 Å². The molecule has 43 heavy (non-hydrogen) atoms. The van der Waals surface area contributed by atoms with Crippen molar-refractivity contribution in [1.29, 1.82) is 0 Å². The van der Waals surface area contributed by atoms with Crippen molar-refractivity contribution in [2.75, 3.05) is 19.6 Å². The number of carbonyl (C=O) groups excluding carboxylic acids is 6. The van der Waals surface area contributed by atoms with Gasteiger partial charge in [-0.05, 0) is 63.2 Å². The first kappa shape index (κ1) is 34.5. The summed E-state index contributed by atoms with van der Waals surface area (Å²) < 4.78 is 0. The van der Waals surface area contributed by atoms with Crippen molar-refractivity contribution >= 4 is 35.3 Å². The van der Waals surface area contributed by atoms with Crippen molar-refractivity contribution in [3.05, 3.63) is 0 Å². The lowest BCUT2D eigenvalue weighted by molar-refractivity contribution is -0.146. The first-order valence-electron chi connectivity index (χ1n) is 16.0. The molecule has 0 aliphatic carbocycles. The smallest absolute Gasteiger partial charge is 0.246 e. The maximum Gasteiger partial charge on any atom is 0.246 e. The van der Waals surface area contributed by atoms with Gasteiger partial charge in [-0.3, -0.25) is 28.8 Å². The van der Waals surface area contributed by atoms with Crippen molar-refractivity contribution in [3.8, 4) is 0 Å². The molecule has 0 aromatic rings. The molecule has 6 atom stereocenters. The third-order valence-electron chi connectivity index (χ3n) is 9.15. The molecule has 4 N–H and O–H groups in total. The Morgan fingerprint density at radius 3 is 1.28 bits per heavy atom. The molecular formula is C31H52N6O6. The Kier molecular flexibility index (Phi) is 11.7. The highest BCUT2D eigenvalue weighted by Gasteiger charge is 2.43. The van der Waals surface area contributed by atoms with E-state index in [-0.39, 0.29) is 41.3 Å². The van der Waals surface area contributed by atoms with Crippen molar-refractivity contribution < 1.29 is 28.8 Å². The van der Waals surface area contributed by atoms with Gasteiger partial charge in [0.2, 0.25) is 29.5 Å². The average Bonchev–Trinajstić information content (AvgIpc) is 3.72. The van der Waals surface area contributed by atoms with Gasteiger partial charge in [-0.2, -0.15) is 0 Å². The second kappa shape index (κ2) is 14.6. The second-order valence-corrected chi connectivity index (χ2v) is 13.4. The van der Waals surface area contributed by atoms with E-state index in [9.17, 15) is 28.8 Å². The highest BCUT2D eigenvalue weighted by molar-refractivity contribution is 5.97. The molecule has 3 aliphatic rings. The number of hydrogen-bond donors (Lipinski definition) is 3. The summed E-state index contributed by atoms with van der Waals surface area (Å²) in [5.41, 5.74) is 6.09. The summed E-state index contributed by atoms with van der Waals surface area (Å²) in [4.78, 5) is 84.0. The first-order valence-corrected chi connectivity index (χ1v) is 16.0. The number of likely N-dealkylation sites (tertiary alicyclic amines) is 3. The lowest BCUT2D eigenvalue weighted by Gasteiger charge is -2.34. The second-order valence-electron chi connectivity index (χ2n) is 13.4. The minimum Gasteiger partial charge on any atom is -0.342 e. The molecular weight excluding hydrogens is 552 g/mol. The van der Waals surface area contributed by atoms with Gasteiger partial charge in [0.15, 0.2) is 5.78 Å². The average molecular weight is 605 g/mol. The molecule has 3 fully saturated rings. The molecule has 0 aromatic carbocycles. The number of Topliss-reactive ketones (excluding diaryl/α,β-unsaturated/α-hetero) is 1. The van der Waals surface area contributed by atoms with E-state index in [0.29, 0.717) is 51.7 Å². The van der Waals surface area contributed by atoms with Gasteiger partial charge < -0.3 is 31.1 Å². The van der Waals surface area contributed by atoms with E-state index >= 15 is 0 Å². The van der Waals surface area contributed by atoms with Gasteiger partial charge in [0.1, 0.15) is 24.2 Å². The van der Waals surface area contributed by atoms with Crippen molar-refractivity contribution in [3.63, 3.8) is 0 Å². The summed E-state index contributed by atoms with van der Waals surface area (Å²) >= 11 is 0. The molecule has 0 saturated carbocycles. The Morgan fingerprint density at radius 1 is 0.581 bits per heavy atom. The molecule has 6 unspecified atom stereocenters.